The number of urea groups is 1. The van der Waals surface area contributed by atoms with E-state index in [0.29, 0.717) is 31.1 Å². The minimum absolute atomic E-state index is 0.0925. The summed E-state index contributed by atoms with van der Waals surface area (Å²) in [6, 6.07) is 15.1. The van der Waals surface area contributed by atoms with Crippen LogP contribution in [0.4, 0.5) is 16.2 Å². The number of nitrogens with two attached hydrogens (primary N) is 1. The van der Waals surface area contributed by atoms with Gasteiger partial charge in [-0.2, -0.15) is 5.26 Å². The molecule has 0 saturated carbocycles. The fourth-order valence-electron chi connectivity index (χ4n) is 4.94. The van der Waals surface area contributed by atoms with Crippen molar-refractivity contribution < 1.29 is 9.59 Å². The number of halogens is 1. The molecule has 2 heterocycles. The number of quaternary nitrogens is 1. The first-order valence-electron chi connectivity index (χ1n) is 10.3. The number of benzene rings is 2. The number of nitrogens with one attached hydrogen (secondary N) is 1. The molecule has 0 spiro atoms. The van der Waals surface area contributed by atoms with E-state index in [9.17, 15) is 14.9 Å². The van der Waals surface area contributed by atoms with Gasteiger partial charge in [-0.05, 0) is 29.3 Å². The van der Waals surface area contributed by atoms with Gasteiger partial charge in [0.05, 0.1) is 6.54 Å². The summed E-state index contributed by atoms with van der Waals surface area (Å²) in [4.78, 5) is 25.9. The van der Waals surface area contributed by atoms with Crippen molar-refractivity contribution in [2.45, 2.75) is 19.4 Å². The van der Waals surface area contributed by atoms with Crippen molar-refractivity contribution in [2.75, 3.05) is 31.1 Å². The van der Waals surface area contributed by atoms with Crippen LogP contribution in [-0.4, -0.2) is 44.2 Å². The van der Waals surface area contributed by atoms with Crippen LogP contribution in [0.5, 0.6) is 0 Å². The van der Waals surface area contributed by atoms with E-state index in [1.165, 1.54) is 0 Å². The lowest BCUT2D eigenvalue weighted by molar-refractivity contribution is -0.121. The lowest BCUT2D eigenvalue weighted by atomic mass is 10.0. The number of carbonyl (C=O) groups excluding carboxylic acids is 2. The van der Waals surface area contributed by atoms with Crippen molar-refractivity contribution >= 4 is 34.9 Å². The number of rotatable bonds is 5. The number of primary amides is 1. The standard InChI is InChI=1S/C23H24ClN5O2/c1-15-12-21(22(26)30)29(14-15,11-8-25)20-13-17(4-7-19(20)24)16-2-5-18(6-3-16)28-10-9-27-23(28)31/h2-7,13,15,21H,9-12,14H2,1H3,(H2-,26,27,30,31)/p+1/t15-,21-,29+/m0/s1. The Morgan fingerprint density at radius 2 is 2.00 bits per heavy atom. The average Bonchev–Trinajstić information content (AvgIpc) is 3.32. The predicted octanol–water partition coefficient (Wildman–Crippen LogP) is 3.26. The van der Waals surface area contributed by atoms with Gasteiger partial charge in [0, 0.05) is 37.2 Å². The van der Waals surface area contributed by atoms with Gasteiger partial charge in [0.1, 0.15) is 11.1 Å². The highest BCUT2D eigenvalue weighted by atomic mass is 35.5. The van der Waals surface area contributed by atoms with E-state index in [1.807, 2.05) is 42.5 Å². The third-order valence-corrected chi connectivity index (χ3v) is 6.66. The molecule has 2 aromatic rings. The Balaban J connectivity index is 1.74. The number of anilines is 1. The molecular weight excluding hydrogens is 414 g/mol. The van der Waals surface area contributed by atoms with Gasteiger partial charge in [0.25, 0.3) is 5.91 Å². The third-order valence-electron chi connectivity index (χ3n) is 6.34. The van der Waals surface area contributed by atoms with Gasteiger partial charge in [-0.25, -0.2) is 4.79 Å². The quantitative estimate of drug-likeness (QED) is 0.553. The van der Waals surface area contributed by atoms with E-state index < -0.39 is 11.9 Å². The molecule has 0 aliphatic carbocycles. The second-order valence-electron chi connectivity index (χ2n) is 8.39. The van der Waals surface area contributed by atoms with Crippen LogP contribution >= 0.6 is 11.6 Å². The summed E-state index contributed by atoms with van der Waals surface area (Å²) < 4.78 is 0.158. The first-order valence-corrected chi connectivity index (χ1v) is 10.7. The molecule has 160 valence electrons. The Hall–Kier alpha value is -3.08. The van der Waals surface area contributed by atoms with Crippen LogP contribution in [0.2, 0.25) is 5.02 Å². The molecule has 0 bridgehead atoms. The minimum atomic E-state index is -0.488. The zero-order chi connectivity index (χ0) is 22.2. The highest BCUT2D eigenvalue weighted by Crippen LogP contribution is 2.43. The Morgan fingerprint density at radius 1 is 1.29 bits per heavy atom. The van der Waals surface area contributed by atoms with E-state index in [2.05, 4.69) is 18.3 Å². The SMILES string of the molecule is C[C@H]1C[C@@H](C(N)=O)[N@@+](CC#N)(c2cc(-c3ccc(N4CCNC4=O)cc3)ccc2Cl)C1. The summed E-state index contributed by atoms with van der Waals surface area (Å²) in [5.41, 5.74) is 9.21. The van der Waals surface area contributed by atoms with Crippen LogP contribution in [0, 0.1) is 17.2 Å². The average molecular weight is 439 g/mol. The van der Waals surface area contributed by atoms with Crippen molar-refractivity contribution in [1.29, 1.82) is 5.26 Å². The van der Waals surface area contributed by atoms with E-state index in [-0.39, 0.29) is 23.0 Å². The summed E-state index contributed by atoms with van der Waals surface area (Å²) >= 11 is 6.61. The smallest absolute Gasteiger partial charge is 0.321 e. The molecule has 3 N–H and O–H groups in total. The fourth-order valence-corrected chi connectivity index (χ4v) is 5.22. The molecule has 2 aliphatic rings. The summed E-state index contributed by atoms with van der Waals surface area (Å²) in [6.45, 7) is 4.11. The van der Waals surface area contributed by atoms with Gasteiger partial charge in [-0.1, -0.05) is 36.7 Å². The van der Waals surface area contributed by atoms with Crippen molar-refractivity contribution in [1.82, 2.24) is 9.80 Å². The van der Waals surface area contributed by atoms with E-state index in [4.69, 9.17) is 17.3 Å². The minimum Gasteiger partial charge on any atom is -0.364 e. The van der Waals surface area contributed by atoms with Crippen molar-refractivity contribution in [3.63, 3.8) is 0 Å². The van der Waals surface area contributed by atoms with Gasteiger partial charge in [-0.3, -0.25) is 14.2 Å². The Labute approximate surface area is 186 Å². The van der Waals surface area contributed by atoms with Crippen LogP contribution < -0.4 is 20.4 Å². The Kier molecular flexibility index (Phi) is 5.61. The van der Waals surface area contributed by atoms with Gasteiger partial charge in [0.15, 0.2) is 18.3 Å². The van der Waals surface area contributed by atoms with Gasteiger partial charge >= 0.3 is 6.03 Å². The molecule has 8 heteroatoms. The van der Waals surface area contributed by atoms with Gasteiger partial charge in [0.2, 0.25) is 0 Å². The van der Waals surface area contributed by atoms with Crippen LogP contribution in [0.3, 0.4) is 0 Å². The van der Waals surface area contributed by atoms with Gasteiger partial charge < -0.3 is 11.1 Å². The first kappa shape index (κ1) is 21.2. The lowest BCUT2D eigenvalue weighted by Crippen LogP contribution is -2.58. The lowest BCUT2D eigenvalue weighted by Gasteiger charge is -2.37. The molecule has 2 aromatic carbocycles. The second-order valence-corrected chi connectivity index (χ2v) is 8.80. The molecule has 0 radical (unpaired) electrons. The van der Waals surface area contributed by atoms with Crippen molar-refractivity contribution in [3.05, 3.63) is 47.5 Å². The van der Waals surface area contributed by atoms with Gasteiger partial charge in [-0.15, -0.1) is 0 Å². The molecule has 31 heavy (non-hydrogen) atoms. The number of hydrogen-bond acceptors (Lipinski definition) is 3. The number of nitriles is 1. The maximum Gasteiger partial charge on any atom is 0.321 e. The molecule has 3 amide bonds. The number of hydrogen-bond donors (Lipinski definition) is 2. The largest absolute Gasteiger partial charge is 0.364 e. The second kappa shape index (κ2) is 8.22. The molecule has 2 saturated heterocycles. The molecule has 2 aliphatic heterocycles. The van der Waals surface area contributed by atoms with Crippen molar-refractivity contribution in [2.24, 2.45) is 11.7 Å². The first-order chi connectivity index (χ1) is 14.9. The van der Waals surface area contributed by atoms with Crippen LogP contribution in [-0.2, 0) is 4.79 Å². The maximum atomic E-state index is 12.3. The van der Waals surface area contributed by atoms with Crippen LogP contribution in [0.25, 0.3) is 11.1 Å². The third kappa shape index (κ3) is 3.73. The van der Waals surface area contributed by atoms with Crippen LogP contribution in [0.15, 0.2) is 42.5 Å². The Bertz CT molecular complexity index is 1060. The summed E-state index contributed by atoms with van der Waals surface area (Å²) in [5, 5.41) is 12.9. The highest BCUT2D eigenvalue weighted by Gasteiger charge is 2.51. The fraction of sp³-hybridized carbons (Fsp3) is 0.348. The molecule has 0 unspecified atom stereocenters. The molecule has 0 aromatic heterocycles. The molecule has 2 fully saturated rings. The van der Waals surface area contributed by atoms with Crippen molar-refractivity contribution in [3.8, 4) is 17.2 Å². The predicted molar refractivity (Wildman–Crippen MR) is 122 cm³/mol. The molecule has 7 nitrogen and oxygen atoms in total. The maximum absolute atomic E-state index is 12.3. The normalized spacial score (nSPS) is 25.3. The van der Waals surface area contributed by atoms with E-state index >= 15 is 0 Å². The highest BCUT2D eigenvalue weighted by molar-refractivity contribution is 6.33. The van der Waals surface area contributed by atoms with Crippen LogP contribution in [0.1, 0.15) is 13.3 Å². The zero-order valence-corrected chi connectivity index (χ0v) is 18.1. The number of carbonyl (C=O) groups is 2. The molecule has 4 rings (SSSR count). The number of nitrogens with zero attached hydrogens (tertiary/aromatic N) is 3. The summed E-state index contributed by atoms with van der Waals surface area (Å²) in [5.74, 6) is -0.161. The topological polar surface area (TPSA) is 99.2 Å². The summed E-state index contributed by atoms with van der Waals surface area (Å²) in [7, 11) is 0. The zero-order valence-electron chi connectivity index (χ0n) is 17.3. The summed E-state index contributed by atoms with van der Waals surface area (Å²) in [6.07, 6.45) is 0.629. The van der Waals surface area contributed by atoms with E-state index in [0.717, 1.165) is 22.5 Å². The molecular formula is C23H25ClN5O2+. The van der Waals surface area contributed by atoms with E-state index in [1.54, 1.807) is 4.90 Å². The number of amides is 3. The molecule has 3 atom stereocenters. The Morgan fingerprint density at radius 3 is 2.61 bits per heavy atom. The number of likely N-dealkylation sites (tertiary alicyclic amines) is 1. The monoisotopic (exact) mass is 438 g/mol.